The quantitative estimate of drug-likeness (QED) is 0.859. The maximum Gasteiger partial charge on any atom is 0.416 e. The van der Waals surface area contributed by atoms with Crippen molar-refractivity contribution in [3.8, 4) is 0 Å². The second-order valence-corrected chi connectivity index (χ2v) is 7.83. The molecule has 2 heterocycles. The Morgan fingerprint density at radius 3 is 2.35 bits per heavy atom. The number of halogens is 3. The summed E-state index contributed by atoms with van der Waals surface area (Å²) >= 11 is 0. The zero-order valence-corrected chi connectivity index (χ0v) is 14.6. The molecule has 0 radical (unpaired) electrons. The first-order valence-electron chi connectivity index (χ1n) is 8.12. The van der Waals surface area contributed by atoms with Crippen LogP contribution in [0.4, 0.5) is 19.0 Å². The van der Waals surface area contributed by atoms with Crippen LogP contribution < -0.4 is 9.62 Å². The number of hydrogen-bond acceptors (Lipinski definition) is 4. The summed E-state index contributed by atoms with van der Waals surface area (Å²) in [5.74, 6) is 0.800. The van der Waals surface area contributed by atoms with Crippen LogP contribution in [0, 0.1) is 0 Å². The summed E-state index contributed by atoms with van der Waals surface area (Å²) in [5, 5.41) is 0. The summed E-state index contributed by atoms with van der Waals surface area (Å²) in [7, 11) is -3.90. The Morgan fingerprint density at radius 1 is 1.08 bits per heavy atom. The molecular formula is C17H18F3N3O2S. The third-order valence-electron chi connectivity index (χ3n) is 4.20. The van der Waals surface area contributed by atoms with Gasteiger partial charge in [-0.1, -0.05) is 0 Å². The van der Waals surface area contributed by atoms with Crippen LogP contribution >= 0.6 is 0 Å². The van der Waals surface area contributed by atoms with E-state index in [2.05, 4.69) is 14.6 Å². The van der Waals surface area contributed by atoms with Crippen molar-refractivity contribution in [3.63, 3.8) is 0 Å². The van der Waals surface area contributed by atoms with E-state index in [4.69, 9.17) is 0 Å². The van der Waals surface area contributed by atoms with Gasteiger partial charge in [-0.25, -0.2) is 18.1 Å². The van der Waals surface area contributed by atoms with Gasteiger partial charge in [0.05, 0.1) is 10.5 Å². The Hall–Kier alpha value is -2.13. The minimum Gasteiger partial charge on any atom is -0.357 e. The summed E-state index contributed by atoms with van der Waals surface area (Å²) in [6.45, 7) is 1.88. The van der Waals surface area contributed by atoms with Crippen molar-refractivity contribution in [2.75, 3.05) is 18.0 Å². The van der Waals surface area contributed by atoms with Gasteiger partial charge in [0.2, 0.25) is 10.0 Å². The molecule has 140 valence electrons. The van der Waals surface area contributed by atoms with Gasteiger partial charge in [-0.15, -0.1) is 0 Å². The molecule has 0 atom stereocenters. The lowest BCUT2D eigenvalue weighted by molar-refractivity contribution is -0.137. The third kappa shape index (κ3) is 4.34. The molecule has 1 aliphatic rings. The number of nitrogens with one attached hydrogen (secondary N) is 1. The lowest BCUT2D eigenvalue weighted by Gasteiger charge is -2.17. The molecule has 0 aliphatic carbocycles. The topological polar surface area (TPSA) is 62.3 Å². The molecule has 0 bridgehead atoms. The Morgan fingerprint density at radius 2 is 1.73 bits per heavy atom. The van der Waals surface area contributed by atoms with Crippen molar-refractivity contribution in [1.29, 1.82) is 0 Å². The van der Waals surface area contributed by atoms with Crippen LogP contribution in [-0.4, -0.2) is 26.5 Å². The van der Waals surface area contributed by atoms with E-state index >= 15 is 0 Å². The number of pyridine rings is 1. The fourth-order valence-corrected chi connectivity index (χ4v) is 3.79. The normalized spacial score (nSPS) is 15.4. The Labute approximate surface area is 149 Å². The van der Waals surface area contributed by atoms with Crippen molar-refractivity contribution in [2.45, 2.75) is 30.5 Å². The number of benzene rings is 1. The first-order valence-corrected chi connectivity index (χ1v) is 9.61. The lowest BCUT2D eigenvalue weighted by atomic mass is 10.2. The number of alkyl halides is 3. The molecule has 9 heteroatoms. The second kappa shape index (κ2) is 7.24. The maximum atomic E-state index is 12.6. The molecule has 0 amide bonds. The highest BCUT2D eigenvalue weighted by atomic mass is 32.2. The van der Waals surface area contributed by atoms with Gasteiger partial charge in [0, 0.05) is 25.8 Å². The van der Waals surface area contributed by atoms with Crippen molar-refractivity contribution >= 4 is 15.8 Å². The van der Waals surface area contributed by atoms with Gasteiger partial charge in [0.25, 0.3) is 0 Å². The SMILES string of the molecule is O=S(=O)(NCc1ccnc(N2CCCC2)c1)c1ccc(C(F)(F)F)cc1. The Balaban J connectivity index is 1.69. The molecule has 26 heavy (non-hydrogen) atoms. The van der Waals surface area contributed by atoms with Crippen LogP contribution in [0.2, 0.25) is 0 Å². The summed E-state index contributed by atoms with van der Waals surface area (Å²) < 4.78 is 64.7. The predicted molar refractivity (Wildman–Crippen MR) is 91.2 cm³/mol. The van der Waals surface area contributed by atoms with Crippen molar-refractivity contribution < 1.29 is 21.6 Å². The van der Waals surface area contributed by atoms with Crippen LogP contribution in [0.1, 0.15) is 24.0 Å². The lowest BCUT2D eigenvalue weighted by Crippen LogP contribution is -2.24. The Bertz CT molecular complexity index is 862. The minimum absolute atomic E-state index is 0.0344. The molecule has 5 nitrogen and oxygen atoms in total. The van der Waals surface area contributed by atoms with E-state index in [1.165, 1.54) is 0 Å². The molecule has 2 aromatic rings. The number of anilines is 1. The highest BCUT2D eigenvalue weighted by Crippen LogP contribution is 2.29. The molecule has 1 aliphatic heterocycles. The standard InChI is InChI=1S/C17H18F3N3O2S/c18-17(19,20)14-3-5-15(6-4-14)26(24,25)22-12-13-7-8-21-16(11-13)23-9-1-2-10-23/h3-8,11,22H,1-2,9-10,12H2. The zero-order valence-electron chi connectivity index (χ0n) is 13.8. The first-order chi connectivity index (χ1) is 12.3. The zero-order chi connectivity index (χ0) is 18.8. The number of sulfonamides is 1. The van der Waals surface area contributed by atoms with Crippen molar-refractivity contribution in [3.05, 3.63) is 53.7 Å². The number of rotatable bonds is 5. The van der Waals surface area contributed by atoms with Gasteiger partial charge in [0.1, 0.15) is 5.82 Å². The average Bonchev–Trinajstić information content (AvgIpc) is 3.14. The molecule has 0 saturated carbocycles. The molecule has 1 saturated heterocycles. The predicted octanol–water partition coefficient (Wildman–Crippen LogP) is 3.18. The minimum atomic E-state index is -4.50. The fraction of sp³-hybridized carbons (Fsp3) is 0.353. The summed E-state index contributed by atoms with van der Waals surface area (Å²) in [6, 6.07) is 6.94. The first kappa shape index (κ1) is 18.7. The van der Waals surface area contributed by atoms with Gasteiger partial charge in [0.15, 0.2) is 0 Å². The fourth-order valence-electron chi connectivity index (χ4n) is 2.77. The van der Waals surface area contributed by atoms with Gasteiger partial charge >= 0.3 is 6.18 Å². The van der Waals surface area contributed by atoms with Crippen molar-refractivity contribution in [2.24, 2.45) is 0 Å². The maximum absolute atomic E-state index is 12.6. The van der Waals surface area contributed by atoms with Crippen LogP contribution in [0.3, 0.4) is 0 Å². The van der Waals surface area contributed by atoms with Gasteiger partial charge < -0.3 is 4.90 Å². The van der Waals surface area contributed by atoms with Gasteiger partial charge in [-0.3, -0.25) is 0 Å². The van der Waals surface area contributed by atoms with E-state index in [1.807, 2.05) is 6.07 Å². The number of hydrogen-bond donors (Lipinski definition) is 1. The third-order valence-corrected chi connectivity index (χ3v) is 5.62. The molecular weight excluding hydrogens is 367 g/mol. The molecule has 1 aromatic heterocycles. The average molecular weight is 385 g/mol. The Kier molecular flexibility index (Phi) is 5.19. The summed E-state index contributed by atoms with van der Waals surface area (Å²) in [4.78, 5) is 6.22. The van der Waals surface area contributed by atoms with E-state index in [1.54, 1.807) is 12.3 Å². The summed E-state index contributed by atoms with van der Waals surface area (Å²) in [6.07, 6.45) is -0.674. The molecule has 0 unspecified atom stereocenters. The van der Waals surface area contributed by atoms with Gasteiger partial charge in [-0.05, 0) is 54.8 Å². The van der Waals surface area contributed by atoms with E-state index < -0.39 is 21.8 Å². The van der Waals surface area contributed by atoms with Gasteiger partial charge in [-0.2, -0.15) is 13.2 Å². The molecule has 3 rings (SSSR count). The molecule has 1 N–H and O–H groups in total. The smallest absolute Gasteiger partial charge is 0.357 e. The van der Waals surface area contributed by atoms with Crippen LogP contribution in [-0.2, 0) is 22.7 Å². The van der Waals surface area contributed by atoms with E-state index in [-0.39, 0.29) is 11.4 Å². The van der Waals surface area contributed by atoms with Crippen LogP contribution in [0.15, 0.2) is 47.5 Å². The number of aromatic nitrogens is 1. The molecule has 1 fully saturated rings. The highest BCUT2D eigenvalue weighted by molar-refractivity contribution is 7.89. The van der Waals surface area contributed by atoms with Crippen LogP contribution in [0.5, 0.6) is 0 Å². The summed E-state index contributed by atoms with van der Waals surface area (Å²) in [5.41, 5.74) is -0.154. The number of nitrogens with zero attached hydrogens (tertiary/aromatic N) is 2. The van der Waals surface area contributed by atoms with E-state index in [0.29, 0.717) is 0 Å². The van der Waals surface area contributed by atoms with Crippen molar-refractivity contribution in [1.82, 2.24) is 9.71 Å². The van der Waals surface area contributed by atoms with E-state index in [0.717, 1.165) is 61.6 Å². The molecule has 1 aromatic carbocycles. The monoisotopic (exact) mass is 385 g/mol. The molecule has 0 spiro atoms. The highest BCUT2D eigenvalue weighted by Gasteiger charge is 2.30. The van der Waals surface area contributed by atoms with Crippen LogP contribution in [0.25, 0.3) is 0 Å². The largest absolute Gasteiger partial charge is 0.416 e. The van der Waals surface area contributed by atoms with E-state index in [9.17, 15) is 21.6 Å². The second-order valence-electron chi connectivity index (χ2n) is 6.06.